The zero-order valence-electron chi connectivity index (χ0n) is 11.9. The van der Waals surface area contributed by atoms with Crippen molar-refractivity contribution in [2.24, 2.45) is 0 Å². The quantitative estimate of drug-likeness (QED) is 0.535. The molecule has 7 nitrogen and oxygen atoms in total. The van der Waals surface area contributed by atoms with Crippen molar-refractivity contribution in [3.8, 4) is 40.1 Å². The first-order valence-electron chi connectivity index (χ1n) is 6.52. The molecule has 2 aromatic carbocycles. The summed E-state index contributed by atoms with van der Waals surface area (Å²) in [6, 6.07) is 6.60. The summed E-state index contributed by atoms with van der Waals surface area (Å²) in [5, 5.41) is 39.0. The maximum absolute atomic E-state index is 12.3. The Balaban J connectivity index is 2.41. The third-order valence-corrected chi connectivity index (χ3v) is 3.41. The Kier molecular flexibility index (Phi) is 3.25. The molecular weight excluding hydrogens is 304 g/mol. The van der Waals surface area contributed by atoms with E-state index >= 15 is 0 Å². The van der Waals surface area contributed by atoms with E-state index in [0.29, 0.717) is 5.56 Å². The Morgan fingerprint density at radius 2 is 1.65 bits per heavy atom. The largest absolute Gasteiger partial charge is 0.508 e. The molecule has 0 fully saturated rings. The number of aromatic hydroxyl groups is 4. The Morgan fingerprint density at radius 3 is 2.26 bits per heavy atom. The molecule has 3 rings (SSSR count). The number of benzene rings is 2. The van der Waals surface area contributed by atoms with Gasteiger partial charge in [0.1, 0.15) is 16.9 Å². The highest BCUT2D eigenvalue weighted by Gasteiger charge is 2.22. The van der Waals surface area contributed by atoms with Crippen LogP contribution in [-0.4, -0.2) is 27.5 Å². The number of fused-ring (bicyclic) bond motifs is 1. The topological polar surface area (TPSA) is 120 Å². The van der Waals surface area contributed by atoms with Gasteiger partial charge in [0.15, 0.2) is 17.1 Å². The van der Waals surface area contributed by atoms with Crippen molar-refractivity contribution < 1.29 is 29.6 Å². The highest BCUT2D eigenvalue weighted by molar-refractivity contribution is 5.92. The summed E-state index contributed by atoms with van der Waals surface area (Å²) in [6.07, 6.45) is 0. The summed E-state index contributed by atoms with van der Waals surface area (Å²) in [4.78, 5) is 12.3. The van der Waals surface area contributed by atoms with Crippen LogP contribution < -0.4 is 10.2 Å². The maximum Gasteiger partial charge on any atom is 0.238 e. The fourth-order valence-corrected chi connectivity index (χ4v) is 2.27. The van der Waals surface area contributed by atoms with Gasteiger partial charge in [0, 0.05) is 11.6 Å². The van der Waals surface area contributed by atoms with Gasteiger partial charge in [-0.3, -0.25) is 4.79 Å². The second-order valence-electron chi connectivity index (χ2n) is 4.81. The van der Waals surface area contributed by atoms with Crippen LogP contribution in [0, 0.1) is 0 Å². The molecule has 0 aliphatic rings. The number of methoxy groups -OCH3 is 1. The van der Waals surface area contributed by atoms with E-state index in [4.69, 9.17) is 9.15 Å². The van der Waals surface area contributed by atoms with Crippen LogP contribution in [0.5, 0.6) is 28.7 Å². The minimum absolute atomic E-state index is 0.00135. The van der Waals surface area contributed by atoms with Crippen LogP contribution in [0.4, 0.5) is 0 Å². The fraction of sp³-hybridized carbons (Fsp3) is 0.0625. The van der Waals surface area contributed by atoms with E-state index in [1.165, 1.54) is 31.4 Å². The summed E-state index contributed by atoms with van der Waals surface area (Å²) in [6.45, 7) is 0. The number of rotatable bonds is 2. The van der Waals surface area contributed by atoms with Crippen molar-refractivity contribution in [3.05, 3.63) is 40.6 Å². The number of ether oxygens (including phenoxy) is 1. The van der Waals surface area contributed by atoms with E-state index in [0.717, 1.165) is 6.07 Å². The molecule has 0 spiro atoms. The van der Waals surface area contributed by atoms with Gasteiger partial charge in [-0.2, -0.15) is 0 Å². The Hall–Kier alpha value is -3.35. The van der Waals surface area contributed by atoms with Crippen LogP contribution in [0.15, 0.2) is 39.5 Å². The van der Waals surface area contributed by atoms with E-state index in [-0.39, 0.29) is 28.2 Å². The molecule has 23 heavy (non-hydrogen) atoms. The normalized spacial score (nSPS) is 10.8. The Labute approximate surface area is 129 Å². The lowest BCUT2D eigenvalue weighted by Crippen LogP contribution is -2.03. The van der Waals surface area contributed by atoms with Crippen molar-refractivity contribution in [3.63, 3.8) is 0 Å². The predicted octanol–water partition coefficient (Wildman–Crippen LogP) is 2.29. The van der Waals surface area contributed by atoms with Crippen molar-refractivity contribution in [1.29, 1.82) is 0 Å². The summed E-state index contributed by atoms with van der Waals surface area (Å²) < 4.78 is 10.3. The van der Waals surface area contributed by atoms with Crippen molar-refractivity contribution >= 4 is 11.0 Å². The molecule has 0 bridgehead atoms. The van der Waals surface area contributed by atoms with Gasteiger partial charge < -0.3 is 29.6 Å². The van der Waals surface area contributed by atoms with E-state index in [9.17, 15) is 25.2 Å². The average molecular weight is 316 g/mol. The molecule has 4 N–H and O–H groups in total. The highest BCUT2D eigenvalue weighted by atomic mass is 16.5. The standard InChI is InChI=1S/C16H12O7/c1-22-10-6-9(18)11-13(20)14(21)15(23-16(11)12(10)19)7-2-4-8(17)5-3-7/h2-6,17-19,21H,1H3. The zero-order chi connectivity index (χ0) is 16.7. The lowest BCUT2D eigenvalue weighted by atomic mass is 10.1. The molecule has 118 valence electrons. The van der Waals surface area contributed by atoms with Gasteiger partial charge in [0.25, 0.3) is 0 Å². The number of hydrogen-bond acceptors (Lipinski definition) is 7. The van der Waals surface area contributed by atoms with Crippen molar-refractivity contribution in [2.45, 2.75) is 0 Å². The second kappa shape index (κ2) is 5.13. The second-order valence-corrected chi connectivity index (χ2v) is 4.81. The molecule has 3 aromatic rings. The minimum Gasteiger partial charge on any atom is -0.508 e. The van der Waals surface area contributed by atoms with Crippen LogP contribution >= 0.6 is 0 Å². The van der Waals surface area contributed by atoms with Crippen LogP contribution in [0.25, 0.3) is 22.3 Å². The van der Waals surface area contributed by atoms with Crippen molar-refractivity contribution in [1.82, 2.24) is 0 Å². The van der Waals surface area contributed by atoms with Gasteiger partial charge in [-0.1, -0.05) is 0 Å². The van der Waals surface area contributed by atoms with Gasteiger partial charge in [-0.15, -0.1) is 0 Å². The molecule has 1 aromatic heterocycles. The molecule has 0 atom stereocenters. The lowest BCUT2D eigenvalue weighted by Gasteiger charge is -2.10. The number of phenols is 3. The third-order valence-electron chi connectivity index (χ3n) is 3.41. The number of hydrogen-bond donors (Lipinski definition) is 4. The molecular formula is C16H12O7. The Bertz CT molecular complexity index is 955. The molecule has 1 heterocycles. The minimum atomic E-state index is -0.898. The highest BCUT2D eigenvalue weighted by Crippen LogP contribution is 2.42. The van der Waals surface area contributed by atoms with Gasteiger partial charge in [0.05, 0.1) is 7.11 Å². The first-order valence-corrected chi connectivity index (χ1v) is 6.52. The molecule has 7 heteroatoms. The van der Waals surface area contributed by atoms with Gasteiger partial charge in [0.2, 0.25) is 16.9 Å². The van der Waals surface area contributed by atoms with E-state index < -0.39 is 22.7 Å². The molecule has 0 saturated heterocycles. The first kappa shape index (κ1) is 14.6. The lowest BCUT2D eigenvalue weighted by molar-refractivity contribution is 0.366. The predicted molar refractivity (Wildman–Crippen MR) is 81.1 cm³/mol. The summed E-state index contributed by atoms with van der Waals surface area (Å²) >= 11 is 0. The zero-order valence-corrected chi connectivity index (χ0v) is 11.9. The maximum atomic E-state index is 12.3. The van der Waals surface area contributed by atoms with Gasteiger partial charge in [-0.25, -0.2) is 0 Å². The third kappa shape index (κ3) is 2.18. The van der Waals surface area contributed by atoms with E-state index in [1.807, 2.05) is 0 Å². The van der Waals surface area contributed by atoms with Gasteiger partial charge >= 0.3 is 0 Å². The van der Waals surface area contributed by atoms with E-state index in [1.54, 1.807) is 0 Å². The van der Waals surface area contributed by atoms with Crippen LogP contribution in [0.1, 0.15) is 0 Å². The molecule has 0 amide bonds. The van der Waals surface area contributed by atoms with Gasteiger partial charge in [-0.05, 0) is 24.3 Å². The van der Waals surface area contributed by atoms with Crippen molar-refractivity contribution in [2.75, 3.05) is 7.11 Å². The van der Waals surface area contributed by atoms with Crippen LogP contribution in [-0.2, 0) is 0 Å². The summed E-state index contributed by atoms with van der Waals surface area (Å²) in [5.41, 5.74) is -0.904. The van der Waals surface area contributed by atoms with Crippen LogP contribution in [0.3, 0.4) is 0 Å². The molecule has 0 saturated carbocycles. The molecule has 0 aliphatic carbocycles. The molecule has 0 radical (unpaired) electrons. The Morgan fingerprint density at radius 1 is 1.00 bits per heavy atom. The monoisotopic (exact) mass is 316 g/mol. The molecule has 0 aliphatic heterocycles. The van der Waals surface area contributed by atoms with Crippen LogP contribution in [0.2, 0.25) is 0 Å². The summed E-state index contributed by atoms with van der Waals surface area (Å²) in [7, 11) is 1.28. The SMILES string of the molecule is COc1cc(O)c2c(=O)c(O)c(-c3ccc(O)cc3)oc2c1O. The first-order chi connectivity index (χ1) is 10.9. The average Bonchev–Trinajstić information content (AvgIpc) is 2.54. The number of phenolic OH excluding ortho intramolecular Hbond substituents is 3. The fourth-order valence-electron chi connectivity index (χ4n) is 2.27. The smallest absolute Gasteiger partial charge is 0.238 e. The summed E-state index contributed by atoms with van der Waals surface area (Å²) in [5.74, 6) is -1.97. The van der Waals surface area contributed by atoms with E-state index in [2.05, 4.69) is 0 Å². The molecule has 0 unspecified atom stereocenters.